The van der Waals surface area contributed by atoms with E-state index in [1.54, 1.807) is 6.92 Å². The third kappa shape index (κ3) is 4.34. The van der Waals surface area contributed by atoms with Crippen LogP contribution in [0, 0.1) is 5.92 Å². The zero-order valence-corrected chi connectivity index (χ0v) is 12.2. The lowest BCUT2D eigenvalue weighted by Gasteiger charge is -2.20. The van der Waals surface area contributed by atoms with Gasteiger partial charge in [-0.2, -0.15) is 0 Å². The van der Waals surface area contributed by atoms with Crippen molar-refractivity contribution >= 4 is 5.91 Å². The minimum Gasteiger partial charge on any atom is -0.393 e. The summed E-state index contributed by atoms with van der Waals surface area (Å²) in [6.07, 6.45) is 4.72. The summed E-state index contributed by atoms with van der Waals surface area (Å²) in [7, 11) is 0. The van der Waals surface area contributed by atoms with E-state index < -0.39 is 0 Å². The van der Waals surface area contributed by atoms with E-state index in [9.17, 15) is 9.90 Å². The predicted octanol–water partition coefficient (Wildman–Crippen LogP) is 2.85. The Bertz CT molecular complexity index is 410. The number of hydrogen-bond acceptors (Lipinski definition) is 2. The van der Waals surface area contributed by atoms with E-state index in [-0.39, 0.29) is 23.8 Å². The van der Waals surface area contributed by atoms with Gasteiger partial charge in [-0.3, -0.25) is 4.79 Å². The van der Waals surface area contributed by atoms with Gasteiger partial charge in [-0.15, -0.1) is 0 Å². The highest BCUT2D eigenvalue weighted by molar-refractivity contribution is 5.78. The maximum Gasteiger partial charge on any atom is 0.223 e. The zero-order valence-electron chi connectivity index (χ0n) is 12.2. The first kappa shape index (κ1) is 15.0. The molecule has 1 amide bonds. The summed E-state index contributed by atoms with van der Waals surface area (Å²) < 4.78 is 0. The lowest BCUT2D eigenvalue weighted by atomic mass is 9.93. The molecular weight excluding hydrogens is 250 g/mol. The molecule has 0 spiro atoms. The molecule has 3 nitrogen and oxygen atoms in total. The Morgan fingerprint density at radius 2 is 1.95 bits per heavy atom. The molecule has 1 fully saturated rings. The molecule has 20 heavy (non-hydrogen) atoms. The lowest BCUT2D eigenvalue weighted by molar-refractivity contribution is -0.124. The van der Waals surface area contributed by atoms with Gasteiger partial charge < -0.3 is 10.4 Å². The van der Waals surface area contributed by atoms with E-state index >= 15 is 0 Å². The Morgan fingerprint density at radius 1 is 1.30 bits per heavy atom. The first-order valence-electron chi connectivity index (χ1n) is 7.67. The van der Waals surface area contributed by atoms with Crippen molar-refractivity contribution in [2.45, 2.75) is 51.0 Å². The number of aliphatic hydroxyl groups is 1. The van der Waals surface area contributed by atoms with Crippen LogP contribution in [-0.2, 0) is 4.79 Å². The van der Waals surface area contributed by atoms with Gasteiger partial charge in [-0.05, 0) is 31.7 Å². The molecule has 0 saturated heterocycles. The number of carbonyl (C=O) groups is 1. The molecule has 0 heterocycles. The molecular formula is C17H25NO2. The van der Waals surface area contributed by atoms with Crippen LogP contribution in [0.25, 0.3) is 0 Å². The van der Waals surface area contributed by atoms with Gasteiger partial charge in [-0.25, -0.2) is 0 Å². The van der Waals surface area contributed by atoms with Crippen molar-refractivity contribution in [1.82, 2.24) is 5.32 Å². The first-order valence-corrected chi connectivity index (χ1v) is 7.67. The van der Waals surface area contributed by atoms with Crippen molar-refractivity contribution in [3.05, 3.63) is 35.9 Å². The molecule has 1 aromatic rings. The Labute approximate surface area is 121 Å². The maximum absolute atomic E-state index is 12.1. The molecule has 1 saturated carbocycles. The van der Waals surface area contributed by atoms with Gasteiger partial charge in [0.05, 0.1) is 6.10 Å². The lowest BCUT2D eigenvalue weighted by Crippen LogP contribution is -2.33. The topological polar surface area (TPSA) is 49.3 Å². The van der Waals surface area contributed by atoms with Crippen LogP contribution >= 0.6 is 0 Å². The van der Waals surface area contributed by atoms with E-state index in [0.717, 1.165) is 12.8 Å². The predicted molar refractivity (Wildman–Crippen MR) is 80.4 cm³/mol. The normalized spacial score (nSPS) is 18.7. The largest absolute Gasteiger partial charge is 0.393 e. The van der Waals surface area contributed by atoms with Crippen LogP contribution in [-0.4, -0.2) is 23.7 Å². The van der Waals surface area contributed by atoms with Crippen molar-refractivity contribution in [1.29, 1.82) is 0 Å². The Morgan fingerprint density at radius 3 is 2.55 bits per heavy atom. The number of carbonyl (C=O) groups excluding carboxylic acids is 1. The molecule has 1 aromatic carbocycles. The number of hydrogen-bond donors (Lipinski definition) is 2. The quantitative estimate of drug-likeness (QED) is 0.838. The van der Waals surface area contributed by atoms with E-state index in [0.29, 0.717) is 13.0 Å². The summed E-state index contributed by atoms with van der Waals surface area (Å²) in [5.41, 5.74) is 1.18. The van der Waals surface area contributed by atoms with Crippen LogP contribution in [0.5, 0.6) is 0 Å². The summed E-state index contributed by atoms with van der Waals surface area (Å²) in [5.74, 6) is 0.577. The molecule has 0 aromatic heterocycles. The van der Waals surface area contributed by atoms with E-state index in [2.05, 4.69) is 17.4 Å². The monoisotopic (exact) mass is 275 g/mol. The average Bonchev–Trinajstić information content (AvgIpc) is 2.98. The van der Waals surface area contributed by atoms with Crippen molar-refractivity contribution in [2.75, 3.05) is 6.54 Å². The van der Waals surface area contributed by atoms with Crippen molar-refractivity contribution in [2.24, 2.45) is 5.92 Å². The van der Waals surface area contributed by atoms with Gasteiger partial charge in [-0.1, -0.05) is 43.2 Å². The van der Waals surface area contributed by atoms with E-state index in [4.69, 9.17) is 0 Å². The zero-order chi connectivity index (χ0) is 14.4. The maximum atomic E-state index is 12.1. The second-order valence-corrected chi connectivity index (χ2v) is 5.92. The fourth-order valence-corrected chi connectivity index (χ4v) is 3.03. The Hall–Kier alpha value is -1.35. The van der Waals surface area contributed by atoms with Gasteiger partial charge >= 0.3 is 0 Å². The minimum absolute atomic E-state index is 0.182. The summed E-state index contributed by atoms with van der Waals surface area (Å²) >= 11 is 0. The number of amides is 1. The first-order chi connectivity index (χ1) is 9.66. The summed E-state index contributed by atoms with van der Waals surface area (Å²) in [6.45, 7) is 2.42. The second-order valence-electron chi connectivity index (χ2n) is 5.92. The summed E-state index contributed by atoms with van der Waals surface area (Å²) in [6, 6.07) is 10.1. The Balaban J connectivity index is 1.92. The molecule has 0 bridgehead atoms. The van der Waals surface area contributed by atoms with Gasteiger partial charge in [0, 0.05) is 18.4 Å². The van der Waals surface area contributed by atoms with E-state index in [1.807, 2.05) is 18.2 Å². The second kappa shape index (κ2) is 7.44. The average molecular weight is 275 g/mol. The molecule has 0 radical (unpaired) electrons. The highest BCUT2D eigenvalue weighted by Gasteiger charge is 2.23. The minimum atomic E-state index is -0.358. The summed E-state index contributed by atoms with van der Waals surface area (Å²) in [4.78, 5) is 12.1. The third-order valence-corrected chi connectivity index (χ3v) is 4.15. The standard InChI is InChI=1S/C17H25NO2/c1-13(19)11-16(14-7-3-2-4-8-14)12-18-17(20)15-9-5-6-10-15/h2-4,7-8,13,15-16,19H,5-6,9-12H2,1H3,(H,18,20)/t13-,16-/m0/s1. The van der Waals surface area contributed by atoms with Crippen LogP contribution in [0.3, 0.4) is 0 Å². The third-order valence-electron chi connectivity index (χ3n) is 4.15. The van der Waals surface area contributed by atoms with Gasteiger partial charge in [0.25, 0.3) is 0 Å². The molecule has 2 atom stereocenters. The fourth-order valence-electron chi connectivity index (χ4n) is 3.03. The molecule has 2 rings (SSSR count). The molecule has 3 heteroatoms. The smallest absolute Gasteiger partial charge is 0.223 e. The highest BCUT2D eigenvalue weighted by atomic mass is 16.3. The molecule has 110 valence electrons. The van der Waals surface area contributed by atoms with Crippen LogP contribution in [0.2, 0.25) is 0 Å². The van der Waals surface area contributed by atoms with Crippen molar-refractivity contribution in [3.63, 3.8) is 0 Å². The highest BCUT2D eigenvalue weighted by Crippen LogP contribution is 2.25. The van der Waals surface area contributed by atoms with Crippen molar-refractivity contribution < 1.29 is 9.90 Å². The van der Waals surface area contributed by atoms with Gasteiger partial charge in [0.15, 0.2) is 0 Å². The number of benzene rings is 1. The molecule has 1 aliphatic rings. The van der Waals surface area contributed by atoms with Crippen LogP contribution in [0.4, 0.5) is 0 Å². The summed E-state index contributed by atoms with van der Waals surface area (Å²) in [5, 5.41) is 12.7. The van der Waals surface area contributed by atoms with Crippen LogP contribution in [0.1, 0.15) is 50.5 Å². The van der Waals surface area contributed by atoms with Gasteiger partial charge in [0.2, 0.25) is 5.91 Å². The number of rotatable bonds is 6. The molecule has 1 aliphatic carbocycles. The number of aliphatic hydroxyl groups excluding tert-OH is 1. The molecule has 2 N–H and O–H groups in total. The van der Waals surface area contributed by atoms with Crippen LogP contribution in [0.15, 0.2) is 30.3 Å². The van der Waals surface area contributed by atoms with Gasteiger partial charge in [0.1, 0.15) is 0 Å². The van der Waals surface area contributed by atoms with Crippen LogP contribution < -0.4 is 5.32 Å². The van der Waals surface area contributed by atoms with E-state index in [1.165, 1.54) is 18.4 Å². The molecule has 0 unspecified atom stereocenters. The fraction of sp³-hybridized carbons (Fsp3) is 0.588. The SMILES string of the molecule is C[C@H](O)C[C@@H](CNC(=O)C1CCCC1)c1ccccc1. The molecule has 0 aliphatic heterocycles. The Kier molecular flexibility index (Phi) is 5.60. The number of nitrogens with one attached hydrogen (secondary N) is 1. The van der Waals surface area contributed by atoms with Crippen molar-refractivity contribution in [3.8, 4) is 0 Å².